The van der Waals surface area contributed by atoms with Gasteiger partial charge in [-0.25, -0.2) is 9.97 Å². The van der Waals surface area contributed by atoms with Crippen LogP contribution in [0.25, 0.3) is 0 Å². The third kappa shape index (κ3) is 4.28. The van der Waals surface area contributed by atoms with Crippen LogP contribution in [0.1, 0.15) is 37.9 Å². The summed E-state index contributed by atoms with van der Waals surface area (Å²) in [5.74, 6) is -0.831. The first kappa shape index (κ1) is 18.5. The number of aliphatic carboxylic acids is 1. The second-order valence-corrected chi connectivity index (χ2v) is 7.23. The van der Waals surface area contributed by atoms with Gasteiger partial charge in [0.2, 0.25) is 0 Å². The summed E-state index contributed by atoms with van der Waals surface area (Å²) in [5, 5.41) is 26.6. The van der Waals surface area contributed by atoms with Crippen molar-refractivity contribution in [1.82, 2.24) is 14.9 Å². The highest BCUT2D eigenvalue weighted by molar-refractivity contribution is 5.91. The van der Waals surface area contributed by atoms with Crippen LogP contribution in [0.2, 0.25) is 0 Å². The quantitative estimate of drug-likeness (QED) is 0.425. The number of hydrogen-bond donors (Lipinski definition) is 4. The molecule has 2 fully saturated rings. The molecule has 5 N–H and O–H groups in total. The topological polar surface area (TPSA) is 140 Å². The fourth-order valence-corrected chi connectivity index (χ4v) is 3.93. The number of nitrogens with one attached hydrogen (secondary N) is 1. The lowest BCUT2D eigenvalue weighted by Gasteiger charge is -2.44. The lowest BCUT2D eigenvalue weighted by Crippen LogP contribution is -2.52. The van der Waals surface area contributed by atoms with Crippen molar-refractivity contribution in [3.63, 3.8) is 0 Å². The van der Waals surface area contributed by atoms with Gasteiger partial charge in [-0.15, -0.1) is 0 Å². The zero-order valence-corrected chi connectivity index (χ0v) is 14.8. The van der Waals surface area contributed by atoms with Crippen LogP contribution in [-0.2, 0) is 4.79 Å². The number of hydrogen-bond acceptors (Lipinski definition) is 7. The highest BCUT2D eigenvalue weighted by Gasteiger charge is 2.37. The minimum absolute atomic E-state index is 0.137. The molecule has 0 bridgehead atoms. The van der Waals surface area contributed by atoms with Crippen LogP contribution in [-0.4, -0.2) is 74.7 Å². The smallest absolute Gasteiger partial charge is 0.306 e. The van der Waals surface area contributed by atoms with E-state index in [4.69, 9.17) is 16.2 Å². The molecule has 1 saturated heterocycles. The molecule has 0 radical (unpaired) electrons. The van der Waals surface area contributed by atoms with Gasteiger partial charge >= 0.3 is 5.97 Å². The molecule has 1 aliphatic heterocycles. The van der Waals surface area contributed by atoms with Gasteiger partial charge in [-0.2, -0.15) is 0 Å². The lowest BCUT2D eigenvalue weighted by molar-refractivity contribution is -0.144. The normalized spacial score (nSPS) is 27.3. The van der Waals surface area contributed by atoms with Crippen LogP contribution < -0.4 is 10.6 Å². The van der Waals surface area contributed by atoms with Crippen LogP contribution in [0.3, 0.4) is 0 Å². The predicted octanol–water partition coefficient (Wildman–Crippen LogP) is 0.0311. The number of aliphatic hydroxyl groups is 1. The number of anilines is 1. The molecule has 1 aliphatic carbocycles. The molecular weight excluding hydrogens is 336 g/mol. The maximum Gasteiger partial charge on any atom is 0.306 e. The van der Waals surface area contributed by atoms with Gasteiger partial charge in [-0.05, 0) is 25.7 Å². The average Bonchev–Trinajstić information content (AvgIpc) is 2.62. The molecule has 3 rings (SSSR count). The number of rotatable bonds is 5. The summed E-state index contributed by atoms with van der Waals surface area (Å²) < 4.78 is 0. The van der Waals surface area contributed by atoms with E-state index in [9.17, 15) is 9.90 Å². The highest BCUT2D eigenvalue weighted by Crippen LogP contribution is 2.33. The number of nitrogens with zero attached hydrogens (tertiary/aromatic N) is 4. The van der Waals surface area contributed by atoms with Gasteiger partial charge in [0, 0.05) is 32.2 Å². The summed E-state index contributed by atoms with van der Waals surface area (Å²) in [5.41, 5.74) is 5.26. The molecule has 142 valence electrons. The maximum absolute atomic E-state index is 10.9. The van der Waals surface area contributed by atoms with Crippen molar-refractivity contribution in [2.24, 2.45) is 5.73 Å². The van der Waals surface area contributed by atoms with E-state index < -0.39 is 11.6 Å². The molecule has 26 heavy (non-hydrogen) atoms. The monoisotopic (exact) mass is 362 g/mol. The van der Waals surface area contributed by atoms with Crippen molar-refractivity contribution in [2.45, 2.75) is 43.7 Å². The van der Waals surface area contributed by atoms with Crippen molar-refractivity contribution >= 4 is 17.5 Å². The standard InChI is InChI=1S/C17H26N6O3/c18-15(19)16-20-10-13(11-21-16)23-7-5-22(6-8-23)12-1-3-17(26,4-2-12)9-14(24)25/h10-12,26H,1-9H2,(H3,18,19)(H,24,25)/t12-,17-. The highest BCUT2D eigenvalue weighted by atomic mass is 16.4. The largest absolute Gasteiger partial charge is 0.481 e. The van der Waals surface area contributed by atoms with Crippen LogP contribution in [0, 0.1) is 5.41 Å². The SMILES string of the molecule is N=C(N)c1ncc(N2CCN([C@H]3CC[C@@](O)(CC(=O)O)CC3)CC2)cn1. The van der Waals surface area contributed by atoms with Gasteiger partial charge in [0.05, 0.1) is 30.1 Å². The molecule has 0 amide bonds. The van der Waals surface area contributed by atoms with Gasteiger partial charge in [-0.3, -0.25) is 15.1 Å². The summed E-state index contributed by atoms with van der Waals surface area (Å²) in [7, 11) is 0. The Labute approximate surface area is 152 Å². The minimum atomic E-state index is -1.04. The number of nitrogen functional groups attached to an aromatic ring is 1. The zero-order valence-electron chi connectivity index (χ0n) is 14.8. The fourth-order valence-electron chi connectivity index (χ4n) is 3.93. The van der Waals surface area contributed by atoms with E-state index >= 15 is 0 Å². The molecule has 9 nitrogen and oxygen atoms in total. The van der Waals surface area contributed by atoms with Crippen molar-refractivity contribution in [1.29, 1.82) is 5.41 Å². The molecule has 0 spiro atoms. The predicted molar refractivity (Wildman–Crippen MR) is 96.3 cm³/mol. The van der Waals surface area contributed by atoms with Crippen LogP contribution >= 0.6 is 0 Å². The number of piperazine rings is 1. The number of aromatic nitrogens is 2. The van der Waals surface area contributed by atoms with E-state index in [1.54, 1.807) is 12.4 Å². The number of carboxylic acid groups (broad SMARTS) is 1. The average molecular weight is 362 g/mol. The van der Waals surface area contributed by atoms with E-state index in [1.165, 1.54) is 0 Å². The first-order valence-corrected chi connectivity index (χ1v) is 8.96. The van der Waals surface area contributed by atoms with E-state index in [-0.39, 0.29) is 18.1 Å². The first-order valence-electron chi connectivity index (χ1n) is 8.96. The van der Waals surface area contributed by atoms with Gasteiger partial charge in [0.25, 0.3) is 0 Å². The molecule has 2 aliphatic rings. The molecule has 1 aromatic heterocycles. The van der Waals surface area contributed by atoms with Crippen LogP contribution in [0.15, 0.2) is 12.4 Å². The summed E-state index contributed by atoms with van der Waals surface area (Å²) in [6.07, 6.45) is 6.00. The van der Waals surface area contributed by atoms with E-state index in [1.807, 2.05) is 0 Å². The molecule has 0 aromatic carbocycles. The second-order valence-electron chi connectivity index (χ2n) is 7.23. The van der Waals surface area contributed by atoms with Crippen molar-refractivity contribution in [2.75, 3.05) is 31.1 Å². The van der Waals surface area contributed by atoms with Crippen LogP contribution in [0.5, 0.6) is 0 Å². The maximum atomic E-state index is 10.9. The van der Waals surface area contributed by atoms with Crippen molar-refractivity contribution < 1.29 is 15.0 Å². The van der Waals surface area contributed by atoms with Crippen molar-refractivity contribution in [3.8, 4) is 0 Å². The van der Waals surface area contributed by atoms with Gasteiger partial charge in [0.15, 0.2) is 11.7 Å². The number of amidine groups is 1. The van der Waals surface area contributed by atoms with Gasteiger partial charge in [0.1, 0.15) is 0 Å². The number of carbonyl (C=O) groups is 1. The Balaban J connectivity index is 1.50. The summed E-state index contributed by atoms with van der Waals surface area (Å²) in [6, 6.07) is 0.405. The molecular formula is C17H26N6O3. The number of carboxylic acids is 1. The summed E-state index contributed by atoms with van der Waals surface area (Å²) in [6.45, 7) is 3.55. The molecule has 1 saturated carbocycles. The number of nitrogens with two attached hydrogens (primary N) is 1. The Morgan fingerprint density at radius 3 is 2.31 bits per heavy atom. The lowest BCUT2D eigenvalue weighted by atomic mass is 9.79. The van der Waals surface area contributed by atoms with Crippen LogP contribution in [0.4, 0.5) is 5.69 Å². The Kier molecular flexibility index (Phi) is 5.38. The molecule has 1 aromatic rings. The summed E-state index contributed by atoms with van der Waals surface area (Å²) in [4.78, 5) is 23.7. The fraction of sp³-hybridized carbons (Fsp3) is 0.647. The Bertz CT molecular complexity index is 649. The Hall–Kier alpha value is -2.26. The Morgan fingerprint density at radius 1 is 1.23 bits per heavy atom. The summed E-state index contributed by atoms with van der Waals surface area (Å²) >= 11 is 0. The first-order chi connectivity index (χ1) is 12.4. The third-order valence-electron chi connectivity index (χ3n) is 5.44. The molecule has 0 unspecified atom stereocenters. The molecule has 0 atom stereocenters. The van der Waals surface area contributed by atoms with E-state index in [2.05, 4.69) is 19.8 Å². The van der Waals surface area contributed by atoms with Gasteiger partial charge < -0.3 is 20.8 Å². The zero-order chi connectivity index (χ0) is 18.7. The second kappa shape index (κ2) is 7.55. The van der Waals surface area contributed by atoms with E-state index in [0.29, 0.717) is 18.9 Å². The van der Waals surface area contributed by atoms with Gasteiger partial charge in [-0.1, -0.05) is 0 Å². The molecule has 2 heterocycles. The van der Waals surface area contributed by atoms with E-state index in [0.717, 1.165) is 44.7 Å². The van der Waals surface area contributed by atoms with Crippen molar-refractivity contribution in [3.05, 3.63) is 18.2 Å². The third-order valence-corrected chi connectivity index (χ3v) is 5.44. The minimum Gasteiger partial charge on any atom is -0.481 e. The molecule has 9 heteroatoms. The Morgan fingerprint density at radius 2 is 1.81 bits per heavy atom.